The zero-order chi connectivity index (χ0) is 29.6. The average Bonchev–Trinajstić information content (AvgIpc) is 2.89. The van der Waals surface area contributed by atoms with E-state index >= 15 is 0 Å². The van der Waals surface area contributed by atoms with Crippen molar-refractivity contribution in [3.63, 3.8) is 0 Å². The van der Waals surface area contributed by atoms with Gasteiger partial charge in [-0.05, 0) is 96.3 Å². The molecule has 0 aromatic heterocycles. The van der Waals surface area contributed by atoms with Crippen LogP contribution < -0.4 is 37.7 Å². The number of fused-ring (bicyclic) bond motifs is 4. The highest BCUT2D eigenvalue weighted by Gasteiger charge is 2.44. The molecule has 0 radical (unpaired) electrons. The molecule has 0 unspecified atom stereocenters. The van der Waals surface area contributed by atoms with E-state index in [1.54, 1.807) is 0 Å². The van der Waals surface area contributed by atoms with Gasteiger partial charge in [-0.15, -0.1) is 0 Å². The Balaban J connectivity index is 1.64. The van der Waals surface area contributed by atoms with Gasteiger partial charge in [-0.25, -0.2) is 0 Å². The van der Waals surface area contributed by atoms with E-state index in [2.05, 4.69) is 140 Å². The topological polar surface area (TPSA) is 3.24 Å². The van der Waals surface area contributed by atoms with Gasteiger partial charge in [-0.1, -0.05) is 122 Å². The van der Waals surface area contributed by atoms with Crippen LogP contribution in [-0.2, 0) is 0 Å². The molecule has 42 heavy (non-hydrogen) atoms. The lowest BCUT2D eigenvalue weighted by atomic mass is 9.29. The standard InChI is InChI=1S/C39H39B2N/c1-22-10-12-35-31(18-22)40(37-27(6)14-24(3)15-28(37)7)33-20-26(5)21-34-39(33)42(35)36-13-11-23(2)19-32(36)41(34)38-29(8)16-25(4)17-30(38)9/h10-21H,1-9H3. The predicted molar refractivity (Wildman–Crippen MR) is 186 cm³/mol. The maximum atomic E-state index is 2.60. The van der Waals surface area contributed by atoms with Crippen LogP contribution in [0.4, 0.5) is 17.1 Å². The number of anilines is 3. The van der Waals surface area contributed by atoms with Crippen LogP contribution in [0.3, 0.4) is 0 Å². The van der Waals surface area contributed by atoms with Crippen LogP contribution in [0.1, 0.15) is 50.1 Å². The largest absolute Gasteiger partial charge is 0.313 e. The molecule has 0 atom stereocenters. The van der Waals surface area contributed by atoms with E-state index in [0.29, 0.717) is 0 Å². The number of rotatable bonds is 2. The van der Waals surface area contributed by atoms with E-state index < -0.39 is 0 Å². The molecule has 2 aliphatic heterocycles. The fourth-order valence-corrected chi connectivity index (χ4v) is 8.37. The minimum absolute atomic E-state index is 0.179. The third-order valence-electron chi connectivity index (χ3n) is 9.68. The molecule has 0 saturated heterocycles. The summed E-state index contributed by atoms with van der Waals surface area (Å²) in [5, 5.41) is 0. The Hall–Kier alpha value is -3.97. The molecular weight excluding hydrogens is 504 g/mol. The highest BCUT2D eigenvalue weighted by Crippen LogP contribution is 2.38. The molecule has 1 nitrogen and oxygen atoms in total. The van der Waals surface area contributed by atoms with Crippen LogP contribution in [0.2, 0.25) is 0 Å². The SMILES string of the molecule is Cc1cc(C)c(B2c3cc(C)ccc3N3c4ccc(C)cc4B(c4c(C)cc(C)cc4C)c4cc(C)cc2c43)c(C)c1. The smallest absolute Gasteiger partial charge is 0.247 e. The number of nitrogens with zero attached hydrogens (tertiary/aromatic N) is 1. The zero-order valence-corrected chi connectivity index (χ0v) is 26.5. The summed E-state index contributed by atoms with van der Waals surface area (Å²) in [6.45, 7) is 20.8. The summed E-state index contributed by atoms with van der Waals surface area (Å²) in [5.41, 5.74) is 24.7. The normalized spacial score (nSPS) is 13.2. The number of hydrogen-bond donors (Lipinski definition) is 0. The van der Waals surface area contributed by atoms with Gasteiger partial charge in [-0.2, -0.15) is 0 Å². The second kappa shape index (κ2) is 9.53. The molecule has 206 valence electrons. The molecule has 2 aliphatic rings. The summed E-state index contributed by atoms with van der Waals surface area (Å²) in [7, 11) is 0. The van der Waals surface area contributed by atoms with Crippen molar-refractivity contribution in [3.8, 4) is 0 Å². The predicted octanol–water partition coefficient (Wildman–Crippen LogP) is 5.59. The molecule has 5 aromatic rings. The molecule has 2 heterocycles. The van der Waals surface area contributed by atoms with Gasteiger partial charge in [0, 0.05) is 17.1 Å². The molecular formula is C39H39B2N. The van der Waals surface area contributed by atoms with Gasteiger partial charge in [0.2, 0.25) is 13.4 Å². The van der Waals surface area contributed by atoms with Crippen molar-refractivity contribution >= 4 is 63.3 Å². The van der Waals surface area contributed by atoms with Crippen LogP contribution in [0, 0.1) is 62.3 Å². The summed E-state index contributed by atoms with van der Waals surface area (Å²) >= 11 is 0. The molecule has 5 aromatic carbocycles. The first kappa shape index (κ1) is 26.9. The molecule has 3 heteroatoms. The van der Waals surface area contributed by atoms with Crippen molar-refractivity contribution in [2.45, 2.75) is 62.3 Å². The first-order valence-corrected chi connectivity index (χ1v) is 15.3. The molecule has 0 bridgehead atoms. The van der Waals surface area contributed by atoms with Crippen LogP contribution >= 0.6 is 0 Å². The summed E-state index contributed by atoms with van der Waals surface area (Å²) in [6.07, 6.45) is 0. The summed E-state index contributed by atoms with van der Waals surface area (Å²) < 4.78 is 0. The Morgan fingerprint density at radius 2 is 0.714 bits per heavy atom. The van der Waals surface area contributed by atoms with E-state index in [1.165, 1.54) is 99.9 Å². The molecule has 0 amide bonds. The first-order valence-electron chi connectivity index (χ1n) is 15.3. The number of aryl methyl sites for hydroxylation is 9. The third-order valence-corrected chi connectivity index (χ3v) is 9.68. The number of benzene rings is 5. The van der Waals surface area contributed by atoms with Crippen LogP contribution in [0.5, 0.6) is 0 Å². The second-order valence-electron chi connectivity index (χ2n) is 13.2. The quantitative estimate of drug-likeness (QED) is 0.257. The van der Waals surface area contributed by atoms with Crippen molar-refractivity contribution in [3.05, 3.63) is 123 Å². The lowest BCUT2D eigenvalue weighted by Crippen LogP contribution is -2.66. The Labute approximate surface area is 252 Å². The monoisotopic (exact) mass is 543 g/mol. The lowest BCUT2D eigenvalue weighted by molar-refractivity contribution is 1.28. The molecule has 0 fully saturated rings. The Morgan fingerprint density at radius 3 is 1.10 bits per heavy atom. The van der Waals surface area contributed by atoms with Crippen molar-refractivity contribution in [1.29, 1.82) is 0 Å². The fourth-order valence-electron chi connectivity index (χ4n) is 8.37. The van der Waals surface area contributed by atoms with Gasteiger partial charge >= 0.3 is 0 Å². The van der Waals surface area contributed by atoms with Gasteiger partial charge < -0.3 is 4.90 Å². The second-order valence-corrected chi connectivity index (χ2v) is 13.2. The number of hydrogen-bond acceptors (Lipinski definition) is 1. The minimum Gasteiger partial charge on any atom is -0.313 e. The van der Waals surface area contributed by atoms with E-state index in [9.17, 15) is 0 Å². The fraction of sp³-hybridized carbons (Fsp3) is 0.231. The maximum absolute atomic E-state index is 2.60. The summed E-state index contributed by atoms with van der Waals surface area (Å²) in [6, 6.07) is 28.6. The molecule has 0 spiro atoms. The van der Waals surface area contributed by atoms with Crippen molar-refractivity contribution in [2.75, 3.05) is 4.90 Å². The highest BCUT2D eigenvalue weighted by molar-refractivity contribution is 7.02. The maximum Gasteiger partial charge on any atom is 0.247 e. The lowest BCUT2D eigenvalue weighted by Gasteiger charge is -2.45. The van der Waals surface area contributed by atoms with E-state index in [0.717, 1.165) is 0 Å². The zero-order valence-electron chi connectivity index (χ0n) is 26.5. The van der Waals surface area contributed by atoms with E-state index in [1.807, 2.05) is 0 Å². The van der Waals surface area contributed by atoms with E-state index in [4.69, 9.17) is 0 Å². The molecule has 0 saturated carbocycles. The van der Waals surface area contributed by atoms with Crippen molar-refractivity contribution in [1.82, 2.24) is 0 Å². The molecule has 0 N–H and O–H groups in total. The van der Waals surface area contributed by atoms with E-state index in [-0.39, 0.29) is 13.4 Å². The summed E-state index contributed by atoms with van der Waals surface area (Å²) in [4.78, 5) is 2.60. The molecule has 0 aliphatic carbocycles. The van der Waals surface area contributed by atoms with Crippen molar-refractivity contribution in [2.24, 2.45) is 0 Å². The highest BCUT2D eigenvalue weighted by atomic mass is 15.2. The first-order chi connectivity index (χ1) is 20.0. The van der Waals surface area contributed by atoms with Crippen LogP contribution in [0.25, 0.3) is 0 Å². The van der Waals surface area contributed by atoms with Gasteiger partial charge in [0.05, 0.1) is 0 Å². The van der Waals surface area contributed by atoms with Crippen LogP contribution in [0.15, 0.2) is 72.8 Å². The minimum atomic E-state index is 0.179. The Morgan fingerprint density at radius 1 is 0.381 bits per heavy atom. The van der Waals surface area contributed by atoms with Crippen molar-refractivity contribution < 1.29 is 0 Å². The third kappa shape index (κ3) is 3.93. The van der Waals surface area contributed by atoms with Gasteiger partial charge in [-0.3, -0.25) is 0 Å². The average molecular weight is 543 g/mol. The summed E-state index contributed by atoms with van der Waals surface area (Å²) in [5.74, 6) is 0. The van der Waals surface area contributed by atoms with Gasteiger partial charge in [0.15, 0.2) is 0 Å². The van der Waals surface area contributed by atoms with Crippen LogP contribution in [-0.4, -0.2) is 13.4 Å². The Kier molecular flexibility index (Phi) is 6.10. The molecule has 7 rings (SSSR count). The van der Waals surface area contributed by atoms with Gasteiger partial charge in [0.25, 0.3) is 0 Å². The Bertz CT molecular complexity index is 1770. The van der Waals surface area contributed by atoms with Gasteiger partial charge in [0.1, 0.15) is 0 Å².